The number of aryl methyl sites for hydroxylation is 4. The monoisotopic (exact) mass is 302 g/mol. The Kier molecular flexibility index (Phi) is 5.45. The maximum atomic E-state index is 3.35. The molecule has 0 aliphatic rings. The third-order valence-corrected chi connectivity index (χ3v) is 4.42. The van der Waals surface area contributed by atoms with Gasteiger partial charge < -0.3 is 0 Å². The van der Waals surface area contributed by atoms with E-state index in [0.717, 1.165) is 0 Å². The molecule has 0 bridgehead atoms. The van der Waals surface area contributed by atoms with E-state index in [2.05, 4.69) is 90.1 Å². The van der Waals surface area contributed by atoms with Crippen molar-refractivity contribution in [3.63, 3.8) is 0 Å². The van der Waals surface area contributed by atoms with Gasteiger partial charge in [0.05, 0.1) is 0 Å². The summed E-state index contributed by atoms with van der Waals surface area (Å²) in [6.45, 7) is 12.9. The van der Waals surface area contributed by atoms with Crippen LogP contribution in [0.4, 0.5) is 0 Å². The zero-order chi connectivity index (χ0) is 17.0. The molecule has 0 aromatic heterocycles. The molecule has 0 amide bonds. The van der Waals surface area contributed by atoms with E-state index in [9.17, 15) is 0 Å². The van der Waals surface area contributed by atoms with Gasteiger partial charge in [-0.25, -0.2) is 0 Å². The average molecular weight is 302 g/mol. The normalized spacial score (nSPS) is 11.0. The largest absolute Gasteiger partial charge is 0.220 e. The molecule has 0 spiro atoms. The highest BCUT2D eigenvalue weighted by molar-refractivity contribution is 5.57. The molecule has 0 heterocycles. The van der Waals surface area contributed by atoms with Crippen LogP contribution in [0.3, 0.4) is 0 Å². The van der Waals surface area contributed by atoms with Crippen LogP contribution < -0.4 is 0 Å². The second kappa shape index (κ2) is 7.34. The predicted molar refractivity (Wildman–Crippen MR) is 101 cm³/mol. The van der Waals surface area contributed by atoms with Crippen LogP contribution in [0.15, 0.2) is 24.3 Å². The van der Waals surface area contributed by atoms with Gasteiger partial charge in [0.15, 0.2) is 12.2 Å². The van der Waals surface area contributed by atoms with Crippen LogP contribution in [0.1, 0.15) is 50.9 Å². The van der Waals surface area contributed by atoms with E-state index in [1.54, 1.807) is 0 Å². The van der Waals surface area contributed by atoms with Crippen molar-refractivity contribution >= 4 is 12.2 Å². The molecule has 0 fully saturated rings. The van der Waals surface area contributed by atoms with Gasteiger partial charge in [-0.05, 0) is 63.8 Å². The van der Waals surface area contributed by atoms with Crippen molar-refractivity contribution in [2.45, 2.75) is 48.0 Å². The summed E-state index contributed by atoms with van der Waals surface area (Å²) < 4.78 is 0. The standard InChI is InChI=1S/C23H26/c1-16-12-18(3)20(5)22(14-16)10-8-7-9-11-23-15-17(2)13-19(4)21(23)6/h10-15H,7H2,1-6H3/q+2. The highest BCUT2D eigenvalue weighted by Crippen LogP contribution is 2.19. The van der Waals surface area contributed by atoms with Gasteiger partial charge in [0.25, 0.3) is 0 Å². The topological polar surface area (TPSA) is 0 Å². The van der Waals surface area contributed by atoms with Crippen LogP contribution >= 0.6 is 0 Å². The molecule has 0 aliphatic carbocycles. The van der Waals surface area contributed by atoms with Gasteiger partial charge in [-0.15, -0.1) is 0 Å². The highest BCUT2D eigenvalue weighted by atomic mass is 14.1. The summed E-state index contributed by atoms with van der Waals surface area (Å²) in [5.74, 6) is 0. The zero-order valence-corrected chi connectivity index (χ0v) is 15.2. The molecule has 0 heteroatoms. The fourth-order valence-electron chi connectivity index (χ4n) is 2.83. The number of benzene rings is 2. The van der Waals surface area contributed by atoms with Crippen LogP contribution in [0.25, 0.3) is 12.2 Å². The van der Waals surface area contributed by atoms with E-state index in [-0.39, 0.29) is 0 Å². The Balaban J connectivity index is 2.08. The minimum Gasteiger partial charge on any atom is -0.0524 e. The Morgan fingerprint density at radius 3 is 1.43 bits per heavy atom. The van der Waals surface area contributed by atoms with Gasteiger partial charge in [-0.1, -0.05) is 12.1 Å². The summed E-state index contributed by atoms with van der Waals surface area (Å²) >= 11 is 0. The first-order valence-electron chi connectivity index (χ1n) is 8.17. The molecule has 0 saturated heterocycles. The number of rotatable bonds is 4. The van der Waals surface area contributed by atoms with Crippen LogP contribution in [-0.2, 0) is 0 Å². The van der Waals surface area contributed by atoms with E-state index in [1.807, 2.05) is 0 Å². The second-order valence-electron chi connectivity index (χ2n) is 6.47. The molecule has 0 atom stereocenters. The summed E-state index contributed by atoms with van der Waals surface area (Å²) in [6, 6.07) is 8.88. The Morgan fingerprint density at radius 2 is 1.04 bits per heavy atom. The highest BCUT2D eigenvalue weighted by Gasteiger charge is 2.09. The molecule has 0 N–H and O–H groups in total. The van der Waals surface area contributed by atoms with Crippen LogP contribution in [0, 0.1) is 53.7 Å². The quantitative estimate of drug-likeness (QED) is 0.585. The lowest BCUT2D eigenvalue weighted by atomic mass is 9.99. The second-order valence-corrected chi connectivity index (χ2v) is 6.47. The minimum absolute atomic E-state index is 0.707. The summed E-state index contributed by atoms with van der Waals surface area (Å²) in [4.78, 5) is 0. The first-order chi connectivity index (χ1) is 10.9. The van der Waals surface area contributed by atoms with E-state index >= 15 is 0 Å². The van der Waals surface area contributed by atoms with Gasteiger partial charge >= 0.3 is 0 Å². The van der Waals surface area contributed by atoms with Crippen LogP contribution in [-0.4, -0.2) is 0 Å². The Labute approximate surface area is 141 Å². The molecule has 2 aromatic carbocycles. The van der Waals surface area contributed by atoms with Crippen molar-refractivity contribution in [2.24, 2.45) is 0 Å². The maximum absolute atomic E-state index is 3.35. The van der Waals surface area contributed by atoms with Crippen molar-refractivity contribution in [3.05, 3.63) is 80.9 Å². The summed E-state index contributed by atoms with van der Waals surface area (Å²) in [7, 11) is 0. The van der Waals surface area contributed by atoms with Crippen molar-refractivity contribution in [1.82, 2.24) is 0 Å². The lowest BCUT2D eigenvalue weighted by Gasteiger charge is -1.99. The Hall–Kier alpha value is -2.26. The first-order valence-corrected chi connectivity index (χ1v) is 8.17. The third kappa shape index (κ3) is 4.36. The van der Waals surface area contributed by atoms with Gasteiger partial charge in [-0.2, -0.15) is 0 Å². The molecule has 116 valence electrons. The molecule has 2 rings (SSSR count). The fraction of sp³-hybridized carbons (Fsp3) is 0.304. The fourth-order valence-corrected chi connectivity index (χ4v) is 2.83. The SMILES string of the molecule is Cc1cc(C)c(C)c(C=[C+]C[C+]=Cc2cc(C)cc(C)c2C)c1. The predicted octanol–water partition coefficient (Wildman–Crippen LogP) is 6.26. The molecular formula is C23H26+2. The molecular weight excluding hydrogens is 276 g/mol. The zero-order valence-electron chi connectivity index (χ0n) is 15.2. The lowest BCUT2D eigenvalue weighted by Crippen LogP contribution is -1.88. The Bertz CT molecular complexity index is 693. The van der Waals surface area contributed by atoms with Crippen LogP contribution in [0.5, 0.6) is 0 Å². The van der Waals surface area contributed by atoms with Gasteiger partial charge in [0.2, 0.25) is 6.42 Å². The first kappa shape index (κ1) is 17.1. The molecule has 0 nitrogen and oxygen atoms in total. The summed E-state index contributed by atoms with van der Waals surface area (Å²) in [6.07, 6.45) is 11.6. The minimum atomic E-state index is 0.707. The van der Waals surface area contributed by atoms with E-state index in [0.29, 0.717) is 6.42 Å². The van der Waals surface area contributed by atoms with E-state index in [4.69, 9.17) is 0 Å². The summed E-state index contributed by atoms with van der Waals surface area (Å²) in [5.41, 5.74) is 10.4. The smallest absolute Gasteiger partial charge is 0.0524 e. The summed E-state index contributed by atoms with van der Waals surface area (Å²) in [5, 5.41) is 0. The lowest BCUT2D eigenvalue weighted by molar-refractivity contribution is 1.26. The molecule has 2 aromatic rings. The van der Waals surface area contributed by atoms with Gasteiger partial charge in [-0.3, -0.25) is 0 Å². The van der Waals surface area contributed by atoms with E-state index in [1.165, 1.54) is 44.5 Å². The Morgan fingerprint density at radius 1 is 0.652 bits per heavy atom. The number of allylic oxidation sites excluding steroid dienone is 2. The number of hydrogen-bond acceptors (Lipinski definition) is 0. The molecule has 0 unspecified atom stereocenters. The van der Waals surface area contributed by atoms with Crippen molar-refractivity contribution < 1.29 is 0 Å². The molecule has 0 saturated carbocycles. The number of hydrogen-bond donors (Lipinski definition) is 0. The molecule has 0 aliphatic heterocycles. The third-order valence-electron chi connectivity index (χ3n) is 4.42. The maximum Gasteiger partial charge on any atom is 0.220 e. The van der Waals surface area contributed by atoms with Gasteiger partial charge in [0, 0.05) is 23.3 Å². The van der Waals surface area contributed by atoms with Crippen LogP contribution in [0.2, 0.25) is 0 Å². The van der Waals surface area contributed by atoms with Crippen molar-refractivity contribution in [1.29, 1.82) is 0 Å². The van der Waals surface area contributed by atoms with E-state index < -0.39 is 0 Å². The average Bonchev–Trinajstić information content (AvgIpc) is 2.48. The van der Waals surface area contributed by atoms with Gasteiger partial charge in [0.1, 0.15) is 23.3 Å². The van der Waals surface area contributed by atoms with Crippen molar-refractivity contribution in [2.75, 3.05) is 0 Å². The molecule has 0 radical (unpaired) electrons. The molecule has 23 heavy (non-hydrogen) atoms. The van der Waals surface area contributed by atoms with Crippen molar-refractivity contribution in [3.8, 4) is 0 Å².